The van der Waals surface area contributed by atoms with Crippen molar-refractivity contribution in [2.45, 2.75) is 13.2 Å². The van der Waals surface area contributed by atoms with Crippen molar-refractivity contribution in [2.75, 3.05) is 0 Å². The van der Waals surface area contributed by atoms with Crippen LogP contribution in [0.5, 0.6) is 5.75 Å². The minimum absolute atomic E-state index is 0.0479. The molecule has 0 atom stereocenters. The van der Waals surface area contributed by atoms with E-state index >= 15 is 0 Å². The minimum Gasteiger partial charge on any atom is -0.481 e. The molecule has 1 aromatic heterocycles. The van der Waals surface area contributed by atoms with Gasteiger partial charge in [-0.05, 0) is 17.7 Å². The number of imidazole rings is 1. The Kier molecular flexibility index (Phi) is 3.57. The first kappa shape index (κ1) is 12.5. The Balaban J connectivity index is 2.17. The van der Waals surface area contributed by atoms with Gasteiger partial charge in [0.1, 0.15) is 6.61 Å². The van der Waals surface area contributed by atoms with Crippen molar-refractivity contribution in [3.8, 4) is 5.75 Å². The van der Waals surface area contributed by atoms with Crippen molar-refractivity contribution in [2.24, 2.45) is 12.8 Å². The first-order chi connectivity index (χ1) is 8.61. The molecule has 4 nitrogen and oxygen atoms in total. The van der Waals surface area contributed by atoms with Gasteiger partial charge in [0.05, 0.1) is 18.2 Å². The molecule has 6 heteroatoms. The molecule has 96 valence electrons. The molecule has 0 bridgehead atoms. The third-order valence-electron chi connectivity index (χ3n) is 2.57. The molecule has 2 rings (SSSR count). The van der Waals surface area contributed by atoms with Gasteiger partial charge in [0.25, 0.3) is 0 Å². The Morgan fingerprint density at radius 2 is 2.00 bits per heavy atom. The lowest BCUT2D eigenvalue weighted by Gasteiger charge is -2.09. The molecule has 1 heterocycles. The normalized spacial score (nSPS) is 10.7. The van der Waals surface area contributed by atoms with E-state index in [9.17, 15) is 8.78 Å². The molecule has 2 N–H and O–H groups in total. The zero-order valence-electron chi connectivity index (χ0n) is 9.86. The van der Waals surface area contributed by atoms with Crippen LogP contribution in [0.1, 0.15) is 11.3 Å². The van der Waals surface area contributed by atoms with Crippen LogP contribution in [0.4, 0.5) is 8.78 Å². The van der Waals surface area contributed by atoms with E-state index in [4.69, 9.17) is 10.5 Å². The molecule has 0 spiro atoms. The van der Waals surface area contributed by atoms with Crippen LogP contribution in [0, 0.1) is 11.6 Å². The number of halogens is 2. The summed E-state index contributed by atoms with van der Waals surface area (Å²) in [6.45, 7) is 0.127. The summed E-state index contributed by atoms with van der Waals surface area (Å²) in [7, 11) is 1.77. The summed E-state index contributed by atoms with van der Waals surface area (Å²) in [4.78, 5) is 3.89. The third kappa shape index (κ3) is 2.48. The van der Waals surface area contributed by atoms with Crippen LogP contribution in [-0.2, 0) is 20.2 Å². The van der Waals surface area contributed by atoms with Gasteiger partial charge in [-0.1, -0.05) is 0 Å². The van der Waals surface area contributed by atoms with Gasteiger partial charge in [-0.3, -0.25) is 0 Å². The summed E-state index contributed by atoms with van der Waals surface area (Å²) in [5, 5.41) is 0. The van der Waals surface area contributed by atoms with Crippen LogP contribution in [0.3, 0.4) is 0 Å². The highest BCUT2D eigenvalue weighted by molar-refractivity contribution is 5.31. The number of aryl methyl sites for hydroxylation is 1. The molecule has 0 radical (unpaired) electrons. The maximum atomic E-state index is 13.6. The highest BCUT2D eigenvalue weighted by atomic mass is 19.1. The van der Waals surface area contributed by atoms with E-state index < -0.39 is 17.4 Å². The van der Waals surface area contributed by atoms with Crippen molar-refractivity contribution in [1.82, 2.24) is 9.55 Å². The number of hydrogen-bond acceptors (Lipinski definition) is 3. The van der Waals surface area contributed by atoms with Gasteiger partial charge in [0.15, 0.2) is 17.4 Å². The van der Waals surface area contributed by atoms with Crippen molar-refractivity contribution in [3.63, 3.8) is 0 Å². The van der Waals surface area contributed by atoms with Gasteiger partial charge in [-0.25, -0.2) is 13.8 Å². The maximum absolute atomic E-state index is 13.6. The highest BCUT2D eigenvalue weighted by Crippen LogP contribution is 2.24. The molecule has 1 aromatic carbocycles. The van der Waals surface area contributed by atoms with E-state index in [2.05, 4.69) is 4.98 Å². The summed E-state index contributed by atoms with van der Waals surface area (Å²) < 4.78 is 34.0. The van der Waals surface area contributed by atoms with Crippen molar-refractivity contribution in [1.29, 1.82) is 0 Å². The Morgan fingerprint density at radius 1 is 1.33 bits per heavy atom. The number of rotatable bonds is 4. The monoisotopic (exact) mass is 253 g/mol. The van der Waals surface area contributed by atoms with Gasteiger partial charge in [-0.15, -0.1) is 0 Å². The molecule has 18 heavy (non-hydrogen) atoms. The van der Waals surface area contributed by atoms with Crippen LogP contribution >= 0.6 is 0 Å². The second-order valence-corrected chi connectivity index (χ2v) is 3.88. The second-order valence-electron chi connectivity index (χ2n) is 3.88. The fourth-order valence-corrected chi connectivity index (χ4v) is 1.54. The summed E-state index contributed by atoms with van der Waals surface area (Å²) >= 11 is 0. The Hall–Kier alpha value is -1.95. The lowest BCUT2D eigenvalue weighted by Crippen LogP contribution is -2.05. The molecule has 0 amide bonds. The van der Waals surface area contributed by atoms with E-state index in [1.807, 2.05) is 0 Å². The van der Waals surface area contributed by atoms with E-state index in [1.54, 1.807) is 24.1 Å². The van der Waals surface area contributed by atoms with E-state index in [1.165, 1.54) is 12.1 Å². The van der Waals surface area contributed by atoms with Gasteiger partial charge < -0.3 is 15.0 Å². The molecule has 0 fully saturated rings. The first-order valence-electron chi connectivity index (χ1n) is 5.37. The zero-order chi connectivity index (χ0) is 13.1. The number of hydrogen-bond donors (Lipinski definition) is 1. The van der Waals surface area contributed by atoms with E-state index in [-0.39, 0.29) is 13.2 Å². The number of ether oxygens (including phenoxy) is 1. The van der Waals surface area contributed by atoms with Crippen molar-refractivity contribution in [3.05, 3.63) is 47.5 Å². The predicted molar refractivity (Wildman–Crippen MR) is 61.8 cm³/mol. The summed E-state index contributed by atoms with van der Waals surface area (Å²) in [5.74, 6) is -1.90. The average Bonchev–Trinajstić information content (AvgIpc) is 2.73. The van der Waals surface area contributed by atoms with E-state index in [0.717, 1.165) is 5.69 Å². The lowest BCUT2D eigenvalue weighted by molar-refractivity contribution is 0.266. The average molecular weight is 253 g/mol. The molecular weight excluding hydrogens is 240 g/mol. The molecule has 0 unspecified atom stereocenters. The molecule has 0 saturated carbocycles. The lowest BCUT2D eigenvalue weighted by atomic mass is 10.2. The topological polar surface area (TPSA) is 53.1 Å². The molecule has 0 saturated heterocycles. The first-order valence-corrected chi connectivity index (χ1v) is 5.37. The second kappa shape index (κ2) is 5.14. The molecule has 2 aromatic rings. The number of nitrogens with zero attached hydrogens (tertiary/aromatic N) is 2. The number of benzene rings is 1. The quantitative estimate of drug-likeness (QED) is 0.903. The fraction of sp³-hybridized carbons (Fsp3) is 0.250. The minimum atomic E-state index is -0.752. The number of nitrogens with two attached hydrogens (primary N) is 1. The zero-order valence-corrected chi connectivity index (χ0v) is 9.86. The summed E-state index contributed by atoms with van der Waals surface area (Å²) in [6, 6.07) is 2.34. The maximum Gasteiger partial charge on any atom is 0.191 e. The Morgan fingerprint density at radius 3 is 2.50 bits per heavy atom. The predicted octanol–water partition coefficient (Wildman–Crippen LogP) is 1.74. The molecular formula is C12H13F2N3O. The number of aromatic nitrogens is 2. The van der Waals surface area contributed by atoms with Crippen molar-refractivity contribution < 1.29 is 13.5 Å². The van der Waals surface area contributed by atoms with Crippen molar-refractivity contribution >= 4 is 0 Å². The Bertz CT molecular complexity index is 531. The summed E-state index contributed by atoms with van der Waals surface area (Å²) in [5.41, 5.74) is 6.43. The molecule has 0 aliphatic heterocycles. The van der Waals surface area contributed by atoms with Crippen LogP contribution in [0.25, 0.3) is 0 Å². The standard InChI is InChI=1S/C12H13F2N3O/c1-17-7-16-5-9(17)6-18-12-10(13)2-8(4-15)3-11(12)14/h2-3,5,7H,4,6,15H2,1H3. The summed E-state index contributed by atoms with van der Waals surface area (Å²) in [6.07, 6.45) is 3.16. The fourth-order valence-electron chi connectivity index (χ4n) is 1.54. The largest absolute Gasteiger partial charge is 0.481 e. The highest BCUT2D eigenvalue weighted by Gasteiger charge is 2.13. The van der Waals surface area contributed by atoms with Crippen LogP contribution in [0.15, 0.2) is 24.7 Å². The van der Waals surface area contributed by atoms with Crippen LogP contribution < -0.4 is 10.5 Å². The van der Waals surface area contributed by atoms with Gasteiger partial charge in [0.2, 0.25) is 0 Å². The van der Waals surface area contributed by atoms with Crippen LogP contribution in [-0.4, -0.2) is 9.55 Å². The van der Waals surface area contributed by atoms with Crippen LogP contribution in [0.2, 0.25) is 0 Å². The Labute approximate surface area is 103 Å². The third-order valence-corrected chi connectivity index (χ3v) is 2.57. The van der Waals surface area contributed by atoms with E-state index in [0.29, 0.717) is 5.56 Å². The molecule has 0 aliphatic rings. The SMILES string of the molecule is Cn1cncc1COc1c(F)cc(CN)cc1F. The van der Waals surface area contributed by atoms with Gasteiger partial charge >= 0.3 is 0 Å². The van der Waals surface area contributed by atoms with Gasteiger partial charge in [-0.2, -0.15) is 0 Å². The molecule has 0 aliphatic carbocycles. The van der Waals surface area contributed by atoms with Gasteiger partial charge in [0, 0.05) is 13.6 Å². The smallest absolute Gasteiger partial charge is 0.191 e.